The molecule has 1 fully saturated rings. The van der Waals surface area contributed by atoms with E-state index in [0.717, 1.165) is 45.2 Å². The first kappa shape index (κ1) is 16.9. The van der Waals surface area contributed by atoms with Crippen LogP contribution in [0.4, 0.5) is 0 Å². The van der Waals surface area contributed by atoms with Crippen LogP contribution in [0.25, 0.3) is 0 Å². The molecule has 0 bridgehead atoms. The molecule has 0 spiro atoms. The summed E-state index contributed by atoms with van der Waals surface area (Å²) in [5.74, 6) is 0.911. The van der Waals surface area contributed by atoms with Crippen molar-refractivity contribution in [3.63, 3.8) is 0 Å². The van der Waals surface area contributed by atoms with Gasteiger partial charge in [0.2, 0.25) is 0 Å². The third kappa shape index (κ3) is 7.28. The molecule has 0 aromatic rings. The maximum absolute atomic E-state index is 6.00. The molecule has 1 aliphatic carbocycles. The van der Waals surface area contributed by atoms with Crippen molar-refractivity contribution in [3.05, 3.63) is 0 Å². The van der Waals surface area contributed by atoms with Gasteiger partial charge in [0.05, 0.1) is 12.7 Å². The van der Waals surface area contributed by atoms with Crippen LogP contribution in [-0.2, 0) is 4.74 Å². The standard InChI is InChI=1S/C16H34N2O/c1-4-15-8-7-9-16(14-15)19-13-11-17-10-12-18(5-2)6-3/h15-17H,4-14H2,1-3H3. The van der Waals surface area contributed by atoms with E-state index in [9.17, 15) is 0 Å². The summed E-state index contributed by atoms with van der Waals surface area (Å²) >= 11 is 0. The zero-order valence-electron chi connectivity index (χ0n) is 13.3. The summed E-state index contributed by atoms with van der Waals surface area (Å²) in [6, 6.07) is 0. The number of likely N-dealkylation sites (N-methyl/N-ethyl adjacent to an activating group) is 1. The largest absolute Gasteiger partial charge is 0.377 e. The Balaban J connectivity index is 1.95. The van der Waals surface area contributed by atoms with Crippen molar-refractivity contribution in [2.24, 2.45) is 5.92 Å². The highest BCUT2D eigenvalue weighted by atomic mass is 16.5. The van der Waals surface area contributed by atoms with Crippen LogP contribution in [0.3, 0.4) is 0 Å². The predicted molar refractivity (Wildman–Crippen MR) is 82.6 cm³/mol. The highest BCUT2D eigenvalue weighted by Crippen LogP contribution is 2.28. The number of ether oxygens (including phenoxy) is 1. The first-order chi connectivity index (χ1) is 9.30. The van der Waals surface area contributed by atoms with Crippen molar-refractivity contribution < 1.29 is 4.74 Å². The van der Waals surface area contributed by atoms with Crippen molar-refractivity contribution in [3.8, 4) is 0 Å². The van der Waals surface area contributed by atoms with Crippen LogP contribution < -0.4 is 5.32 Å². The lowest BCUT2D eigenvalue weighted by Gasteiger charge is -2.28. The van der Waals surface area contributed by atoms with Gasteiger partial charge in [0, 0.05) is 19.6 Å². The van der Waals surface area contributed by atoms with Gasteiger partial charge in [0.1, 0.15) is 0 Å². The Bertz CT molecular complexity index is 207. The van der Waals surface area contributed by atoms with E-state index in [1.165, 1.54) is 32.1 Å². The minimum atomic E-state index is 0.531. The summed E-state index contributed by atoms with van der Waals surface area (Å²) in [4.78, 5) is 2.45. The Morgan fingerprint density at radius 2 is 1.89 bits per heavy atom. The zero-order valence-corrected chi connectivity index (χ0v) is 13.3. The van der Waals surface area contributed by atoms with Crippen molar-refractivity contribution in [2.45, 2.75) is 59.0 Å². The second-order valence-corrected chi connectivity index (χ2v) is 5.71. The minimum Gasteiger partial charge on any atom is -0.377 e. The maximum atomic E-state index is 6.00. The lowest BCUT2D eigenvalue weighted by Crippen LogP contribution is -2.34. The molecule has 0 saturated heterocycles. The topological polar surface area (TPSA) is 24.5 Å². The SMILES string of the molecule is CCC1CCCC(OCCNCCN(CC)CC)C1. The average Bonchev–Trinajstić information content (AvgIpc) is 2.47. The summed E-state index contributed by atoms with van der Waals surface area (Å²) in [6.45, 7) is 13.1. The number of nitrogens with zero attached hydrogens (tertiary/aromatic N) is 1. The van der Waals surface area contributed by atoms with Crippen LogP contribution in [0.15, 0.2) is 0 Å². The Morgan fingerprint density at radius 1 is 1.11 bits per heavy atom. The molecule has 0 aromatic carbocycles. The lowest BCUT2D eigenvalue weighted by molar-refractivity contribution is 0.0142. The molecule has 0 radical (unpaired) electrons. The summed E-state index contributed by atoms with van der Waals surface area (Å²) in [6.07, 6.45) is 7.19. The molecule has 3 heteroatoms. The molecule has 0 aromatic heterocycles. The smallest absolute Gasteiger partial charge is 0.0594 e. The van der Waals surface area contributed by atoms with Gasteiger partial charge in [-0.25, -0.2) is 0 Å². The fourth-order valence-corrected chi connectivity index (χ4v) is 2.96. The fraction of sp³-hybridized carbons (Fsp3) is 1.00. The monoisotopic (exact) mass is 270 g/mol. The van der Waals surface area contributed by atoms with Gasteiger partial charge in [-0.1, -0.05) is 40.0 Å². The molecule has 1 N–H and O–H groups in total. The van der Waals surface area contributed by atoms with E-state index in [-0.39, 0.29) is 0 Å². The number of nitrogens with one attached hydrogen (secondary N) is 1. The molecule has 0 aliphatic heterocycles. The van der Waals surface area contributed by atoms with Gasteiger partial charge in [-0.15, -0.1) is 0 Å². The van der Waals surface area contributed by atoms with E-state index in [2.05, 4.69) is 31.0 Å². The van der Waals surface area contributed by atoms with Gasteiger partial charge in [0.15, 0.2) is 0 Å². The zero-order chi connectivity index (χ0) is 13.9. The van der Waals surface area contributed by atoms with Crippen molar-refractivity contribution in [1.82, 2.24) is 10.2 Å². The summed E-state index contributed by atoms with van der Waals surface area (Å²) in [5.41, 5.74) is 0. The van der Waals surface area contributed by atoms with Crippen molar-refractivity contribution >= 4 is 0 Å². The van der Waals surface area contributed by atoms with Crippen LogP contribution in [0.5, 0.6) is 0 Å². The second-order valence-electron chi connectivity index (χ2n) is 5.71. The van der Waals surface area contributed by atoms with Crippen molar-refractivity contribution in [2.75, 3.05) is 39.3 Å². The molecule has 114 valence electrons. The number of hydrogen-bond donors (Lipinski definition) is 1. The minimum absolute atomic E-state index is 0.531. The Morgan fingerprint density at radius 3 is 2.58 bits per heavy atom. The molecule has 1 aliphatic rings. The second kappa shape index (κ2) is 10.6. The molecule has 1 rings (SSSR count). The van der Waals surface area contributed by atoms with Crippen molar-refractivity contribution in [1.29, 1.82) is 0 Å². The quantitative estimate of drug-likeness (QED) is 0.618. The summed E-state index contributed by atoms with van der Waals surface area (Å²) < 4.78 is 6.00. The van der Waals surface area contributed by atoms with Gasteiger partial charge in [-0.2, -0.15) is 0 Å². The van der Waals surface area contributed by atoms with Crippen LogP contribution in [0.1, 0.15) is 52.9 Å². The average molecular weight is 270 g/mol. The molecular formula is C16H34N2O. The summed E-state index contributed by atoms with van der Waals surface area (Å²) in [5, 5.41) is 3.48. The van der Waals surface area contributed by atoms with Gasteiger partial charge in [-0.3, -0.25) is 0 Å². The van der Waals surface area contributed by atoms with Gasteiger partial charge in [-0.05, 0) is 31.8 Å². The normalized spacial score (nSPS) is 24.0. The highest BCUT2D eigenvalue weighted by Gasteiger charge is 2.20. The third-order valence-electron chi connectivity index (χ3n) is 4.44. The Hall–Kier alpha value is -0.120. The van der Waals surface area contributed by atoms with Crippen LogP contribution in [0.2, 0.25) is 0 Å². The van der Waals surface area contributed by atoms with E-state index in [4.69, 9.17) is 4.74 Å². The van der Waals surface area contributed by atoms with E-state index in [1.54, 1.807) is 0 Å². The number of rotatable bonds is 10. The Labute approximate surface area is 120 Å². The predicted octanol–water partition coefficient (Wildman–Crippen LogP) is 2.90. The van der Waals surface area contributed by atoms with Crippen LogP contribution in [-0.4, -0.2) is 50.3 Å². The molecule has 2 unspecified atom stereocenters. The third-order valence-corrected chi connectivity index (χ3v) is 4.44. The molecule has 1 saturated carbocycles. The summed E-state index contributed by atoms with van der Waals surface area (Å²) in [7, 11) is 0. The molecule has 19 heavy (non-hydrogen) atoms. The van der Waals surface area contributed by atoms with Gasteiger partial charge >= 0.3 is 0 Å². The van der Waals surface area contributed by atoms with Crippen LogP contribution in [0, 0.1) is 5.92 Å². The van der Waals surface area contributed by atoms with E-state index >= 15 is 0 Å². The molecular weight excluding hydrogens is 236 g/mol. The molecule has 0 amide bonds. The van der Waals surface area contributed by atoms with E-state index in [0.29, 0.717) is 6.10 Å². The van der Waals surface area contributed by atoms with Crippen LogP contribution >= 0.6 is 0 Å². The molecule has 3 nitrogen and oxygen atoms in total. The first-order valence-corrected chi connectivity index (χ1v) is 8.34. The van der Waals surface area contributed by atoms with Gasteiger partial charge in [0.25, 0.3) is 0 Å². The number of hydrogen-bond acceptors (Lipinski definition) is 3. The molecule has 0 heterocycles. The lowest BCUT2D eigenvalue weighted by atomic mass is 9.85. The maximum Gasteiger partial charge on any atom is 0.0594 e. The fourth-order valence-electron chi connectivity index (χ4n) is 2.96. The highest BCUT2D eigenvalue weighted by molar-refractivity contribution is 4.72. The Kier molecular flexibility index (Phi) is 9.48. The molecule has 2 atom stereocenters. The van der Waals surface area contributed by atoms with E-state index < -0.39 is 0 Å². The first-order valence-electron chi connectivity index (χ1n) is 8.34. The van der Waals surface area contributed by atoms with Gasteiger partial charge < -0.3 is 15.0 Å². The van der Waals surface area contributed by atoms with E-state index in [1.807, 2.05) is 0 Å².